The Bertz CT molecular complexity index is 414. The predicted molar refractivity (Wildman–Crippen MR) is 73.2 cm³/mol. The van der Waals surface area contributed by atoms with Gasteiger partial charge in [0.25, 0.3) is 0 Å². The zero-order valence-corrected chi connectivity index (χ0v) is 10.8. The third-order valence-electron chi connectivity index (χ3n) is 4.68. The molecule has 2 aliphatic rings. The molecule has 96 valence electrons. The molecular formula is C16H21NO. The van der Waals surface area contributed by atoms with Crippen molar-refractivity contribution in [2.45, 2.75) is 38.5 Å². The molecule has 0 aliphatic heterocycles. The van der Waals surface area contributed by atoms with Crippen LogP contribution in [0.5, 0.6) is 0 Å². The molecule has 1 aromatic carbocycles. The highest BCUT2D eigenvalue weighted by atomic mass is 16.1. The van der Waals surface area contributed by atoms with E-state index in [1.807, 2.05) is 30.3 Å². The third-order valence-corrected chi connectivity index (χ3v) is 4.68. The van der Waals surface area contributed by atoms with Crippen LogP contribution in [0.4, 0.5) is 5.69 Å². The number of para-hydroxylation sites is 1. The Kier molecular flexibility index (Phi) is 3.35. The summed E-state index contributed by atoms with van der Waals surface area (Å²) in [5.74, 6) is 2.91. The minimum atomic E-state index is 0.170. The van der Waals surface area contributed by atoms with Crippen LogP contribution in [-0.2, 0) is 4.79 Å². The number of anilines is 1. The number of hydrogen-bond acceptors (Lipinski definition) is 1. The van der Waals surface area contributed by atoms with Crippen LogP contribution in [0.3, 0.4) is 0 Å². The van der Waals surface area contributed by atoms with Crippen LogP contribution in [0.25, 0.3) is 0 Å². The molecule has 2 nitrogen and oxygen atoms in total. The second kappa shape index (κ2) is 5.13. The molecule has 0 radical (unpaired) electrons. The van der Waals surface area contributed by atoms with Crippen molar-refractivity contribution in [3.8, 4) is 0 Å². The number of amides is 1. The van der Waals surface area contributed by atoms with Crippen molar-refractivity contribution >= 4 is 11.6 Å². The van der Waals surface area contributed by atoms with E-state index < -0.39 is 0 Å². The summed E-state index contributed by atoms with van der Waals surface area (Å²) in [5.41, 5.74) is 0.912. The first-order valence-corrected chi connectivity index (χ1v) is 7.16. The lowest BCUT2D eigenvalue weighted by Gasteiger charge is -2.21. The lowest BCUT2D eigenvalue weighted by molar-refractivity contribution is -0.116. The van der Waals surface area contributed by atoms with Crippen molar-refractivity contribution < 1.29 is 4.79 Å². The van der Waals surface area contributed by atoms with Crippen LogP contribution in [0.2, 0.25) is 0 Å². The van der Waals surface area contributed by atoms with Crippen LogP contribution in [-0.4, -0.2) is 5.91 Å². The molecule has 0 spiro atoms. The van der Waals surface area contributed by atoms with Crippen LogP contribution in [0.1, 0.15) is 38.5 Å². The molecule has 0 aromatic heterocycles. The first kappa shape index (κ1) is 11.8. The normalized spacial score (nSPS) is 29.4. The van der Waals surface area contributed by atoms with Crippen LogP contribution >= 0.6 is 0 Å². The molecule has 0 saturated heterocycles. The van der Waals surface area contributed by atoms with Crippen molar-refractivity contribution in [1.29, 1.82) is 0 Å². The smallest absolute Gasteiger partial charge is 0.224 e. The molecule has 0 heterocycles. The third kappa shape index (κ3) is 2.58. The minimum absolute atomic E-state index is 0.170. The fraction of sp³-hybridized carbons (Fsp3) is 0.562. The van der Waals surface area contributed by atoms with Crippen molar-refractivity contribution in [1.82, 2.24) is 0 Å². The molecule has 1 amide bonds. The van der Waals surface area contributed by atoms with Gasteiger partial charge < -0.3 is 5.32 Å². The summed E-state index contributed by atoms with van der Waals surface area (Å²) in [5, 5.41) is 2.97. The summed E-state index contributed by atoms with van der Waals surface area (Å²) in [6.07, 6.45) is 7.43. The second-order valence-electron chi connectivity index (χ2n) is 5.89. The molecule has 3 unspecified atom stereocenters. The Morgan fingerprint density at radius 1 is 1.17 bits per heavy atom. The monoisotopic (exact) mass is 243 g/mol. The van der Waals surface area contributed by atoms with E-state index >= 15 is 0 Å². The Morgan fingerprint density at radius 2 is 2.00 bits per heavy atom. The Morgan fingerprint density at radius 3 is 2.67 bits per heavy atom. The summed E-state index contributed by atoms with van der Waals surface area (Å²) in [6.45, 7) is 0. The van der Waals surface area contributed by atoms with Crippen molar-refractivity contribution in [3.63, 3.8) is 0 Å². The molecule has 2 aliphatic carbocycles. The highest BCUT2D eigenvalue weighted by Gasteiger charge is 2.39. The molecule has 2 heteroatoms. The molecule has 3 rings (SSSR count). The van der Waals surface area contributed by atoms with Gasteiger partial charge >= 0.3 is 0 Å². The molecule has 1 aromatic rings. The first-order chi connectivity index (χ1) is 8.81. The fourth-order valence-electron chi connectivity index (χ4n) is 3.79. The Hall–Kier alpha value is -1.31. The Labute approximate surface area is 109 Å². The second-order valence-corrected chi connectivity index (χ2v) is 5.89. The molecule has 3 atom stereocenters. The Balaban J connectivity index is 1.45. The van der Waals surface area contributed by atoms with Gasteiger partial charge in [0.1, 0.15) is 0 Å². The molecular weight excluding hydrogens is 222 g/mol. The van der Waals surface area contributed by atoms with Gasteiger partial charge in [-0.1, -0.05) is 24.6 Å². The van der Waals surface area contributed by atoms with Gasteiger partial charge in [-0.15, -0.1) is 0 Å². The molecule has 18 heavy (non-hydrogen) atoms. The molecule has 2 saturated carbocycles. The van der Waals surface area contributed by atoms with Crippen molar-refractivity contribution in [3.05, 3.63) is 30.3 Å². The molecule has 2 fully saturated rings. The summed E-state index contributed by atoms with van der Waals surface area (Å²) in [4.78, 5) is 11.9. The summed E-state index contributed by atoms with van der Waals surface area (Å²) in [7, 11) is 0. The van der Waals surface area contributed by atoms with E-state index in [0.29, 0.717) is 6.42 Å². The maximum atomic E-state index is 11.9. The maximum Gasteiger partial charge on any atom is 0.224 e. The van der Waals surface area contributed by atoms with Crippen molar-refractivity contribution in [2.75, 3.05) is 5.32 Å². The van der Waals surface area contributed by atoms with Crippen LogP contribution < -0.4 is 5.32 Å². The molecule has 2 bridgehead atoms. The topological polar surface area (TPSA) is 29.1 Å². The maximum absolute atomic E-state index is 11.9. The van der Waals surface area contributed by atoms with Gasteiger partial charge in [0.15, 0.2) is 0 Å². The van der Waals surface area contributed by atoms with Crippen LogP contribution in [0.15, 0.2) is 30.3 Å². The van der Waals surface area contributed by atoms with Gasteiger partial charge in [0.05, 0.1) is 0 Å². The SMILES string of the molecule is O=C(CCC1CC2CCC1C2)Nc1ccccc1. The zero-order chi connectivity index (χ0) is 12.4. The number of rotatable bonds is 4. The summed E-state index contributed by atoms with van der Waals surface area (Å²) in [6, 6.07) is 9.74. The van der Waals surface area contributed by atoms with Gasteiger partial charge in [-0.05, 0) is 55.6 Å². The number of nitrogens with one attached hydrogen (secondary N) is 1. The van der Waals surface area contributed by atoms with E-state index in [9.17, 15) is 4.79 Å². The minimum Gasteiger partial charge on any atom is -0.326 e. The van der Waals surface area contributed by atoms with Crippen LogP contribution in [0, 0.1) is 17.8 Å². The predicted octanol–water partition coefficient (Wildman–Crippen LogP) is 3.84. The van der Waals surface area contributed by atoms with Gasteiger partial charge in [-0.3, -0.25) is 4.79 Å². The van der Waals surface area contributed by atoms with E-state index in [4.69, 9.17) is 0 Å². The first-order valence-electron chi connectivity index (χ1n) is 7.16. The van der Waals surface area contributed by atoms with Gasteiger partial charge in [0, 0.05) is 12.1 Å². The van der Waals surface area contributed by atoms with E-state index in [1.54, 1.807) is 0 Å². The van der Waals surface area contributed by atoms with Crippen molar-refractivity contribution in [2.24, 2.45) is 17.8 Å². The van der Waals surface area contributed by atoms with E-state index in [2.05, 4.69) is 5.32 Å². The van der Waals surface area contributed by atoms with E-state index in [-0.39, 0.29) is 5.91 Å². The average Bonchev–Trinajstić information content (AvgIpc) is 3.00. The molecule has 1 N–H and O–H groups in total. The van der Waals surface area contributed by atoms with Gasteiger partial charge in [-0.2, -0.15) is 0 Å². The standard InChI is InChI=1S/C16H21NO/c18-16(17-15-4-2-1-3-5-15)9-8-14-11-12-6-7-13(14)10-12/h1-5,12-14H,6-11H2,(H,17,18). The number of carbonyl (C=O) groups excluding carboxylic acids is 1. The number of benzene rings is 1. The number of hydrogen-bond donors (Lipinski definition) is 1. The van der Waals surface area contributed by atoms with E-state index in [1.165, 1.54) is 25.7 Å². The largest absolute Gasteiger partial charge is 0.326 e. The van der Waals surface area contributed by atoms with Gasteiger partial charge in [0.2, 0.25) is 5.91 Å². The lowest BCUT2D eigenvalue weighted by atomic mass is 9.85. The van der Waals surface area contributed by atoms with Gasteiger partial charge in [-0.25, -0.2) is 0 Å². The highest BCUT2D eigenvalue weighted by molar-refractivity contribution is 5.90. The zero-order valence-electron chi connectivity index (χ0n) is 10.8. The summed E-state index contributed by atoms with van der Waals surface area (Å²) >= 11 is 0. The number of carbonyl (C=O) groups is 1. The highest BCUT2D eigenvalue weighted by Crippen LogP contribution is 2.49. The average molecular weight is 243 g/mol. The lowest BCUT2D eigenvalue weighted by Crippen LogP contribution is -2.16. The quantitative estimate of drug-likeness (QED) is 0.855. The summed E-state index contributed by atoms with van der Waals surface area (Å²) < 4.78 is 0. The number of fused-ring (bicyclic) bond motifs is 2. The fourth-order valence-corrected chi connectivity index (χ4v) is 3.79. The van der Waals surface area contributed by atoms with E-state index in [0.717, 1.165) is 29.9 Å².